The first kappa shape index (κ1) is 18.6. The van der Waals surface area contributed by atoms with Crippen LogP contribution in [0, 0.1) is 0 Å². The Morgan fingerprint density at radius 1 is 1.18 bits per heavy atom. The van der Waals surface area contributed by atoms with E-state index in [0.717, 1.165) is 18.0 Å². The highest BCUT2D eigenvalue weighted by molar-refractivity contribution is 6.23. The van der Waals surface area contributed by atoms with Crippen LogP contribution in [-0.2, 0) is 14.3 Å². The molecule has 1 aromatic rings. The first-order valence-corrected chi connectivity index (χ1v) is 9.40. The van der Waals surface area contributed by atoms with Crippen molar-refractivity contribution in [3.63, 3.8) is 0 Å². The lowest BCUT2D eigenvalue weighted by Gasteiger charge is -2.30. The normalized spacial score (nSPS) is 26.1. The molecule has 4 amide bonds. The van der Waals surface area contributed by atoms with Crippen molar-refractivity contribution in [2.24, 2.45) is 0 Å². The van der Waals surface area contributed by atoms with E-state index in [0.29, 0.717) is 12.3 Å². The quantitative estimate of drug-likeness (QED) is 0.618. The first-order chi connectivity index (χ1) is 13.5. The van der Waals surface area contributed by atoms with Gasteiger partial charge in [-0.05, 0) is 31.5 Å². The summed E-state index contributed by atoms with van der Waals surface area (Å²) in [4.78, 5) is 50.0. The highest BCUT2D eigenvalue weighted by atomic mass is 16.5. The molecule has 28 heavy (non-hydrogen) atoms. The number of rotatable bonds is 4. The monoisotopic (exact) mass is 386 g/mol. The number of imide groups is 2. The number of carbonyl (C=O) groups excluding carboxylic acids is 4. The summed E-state index contributed by atoms with van der Waals surface area (Å²) in [5.74, 6) is -2.02. The lowest BCUT2D eigenvalue weighted by atomic mass is 10.0. The van der Waals surface area contributed by atoms with Gasteiger partial charge in [-0.25, -0.2) is 0 Å². The maximum atomic E-state index is 12.9. The third-order valence-electron chi connectivity index (χ3n) is 5.35. The third-order valence-corrected chi connectivity index (χ3v) is 5.35. The van der Waals surface area contributed by atoms with Gasteiger partial charge in [-0.2, -0.15) is 0 Å². The van der Waals surface area contributed by atoms with E-state index in [1.165, 1.54) is 0 Å². The fourth-order valence-electron chi connectivity index (χ4n) is 3.82. The molecule has 0 aromatic heterocycles. The van der Waals surface area contributed by atoms with Gasteiger partial charge < -0.3 is 15.4 Å². The van der Waals surface area contributed by atoms with Crippen molar-refractivity contribution in [3.8, 4) is 0 Å². The SMILES string of the molecule is CC(Nc1ccc2c(c1)C(=O)N(C1CCC(=O)NC1=O)C2=O)C1CNCCO1. The number of nitrogens with zero attached hydrogens (tertiary/aromatic N) is 1. The highest BCUT2D eigenvalue weighted by Gasteiger charge is 2.44. The molecule has 2 fully saturated rings. The summed E-state index contributed by atoms with van der Waals surface area (Å²) in [6, 6.07) is 4.02. The van der Waals surface area contributed by atoms with Gasteiger partial charge in [0.1, 0.15) is 6.04 Å². The largest absolute Gasteiger partial charge is 0.380 e. The van der Waals surface area contributed by atoms with Gasteiger partial charge >= 0.3 is 0 Å². The molecule has 0 saturated carbocycles. The fraction of sp³-hybridized carbons (Fsp3) is 0.474. The van der Waals surface area contributed by atoms with Crippen LogP contribution in [0.15, 0.2) is 18.2 Å². The number of fused-ring (bicyclic) bond motifs is 1. The smallest absolute Gasteiger partial charge is 0.262 e. The van der Waals surface area contributed by atoms with Crippen molar-refractivity contribution in [3.05, 3.63) is 29.3 Å². The molecule has 3 heterocycles. The minimum absolute atomic E-state index is 0.000641. The molecule has 9 nitrogen and oxygen atoms in total. The Morgan fingerprint density at radius 3 is 2.68 bits per heavy atom. The van der Waals surface area contributed by atoms with Crippen LogP contribution < -0.4 is 16.0 Å². The van der Waals surface area contributed by atoms with Crippen molar-refractivity contribution in [2.45, 2.75) is 38.0 Å². The van der Waals surface area contributed by atoms with E-state index in [4.69, 9.17) is 4.74 Å². The van der Waals surface area contributed by atoms with Gasteiger partial charge in [0.05, 0.1) is 29.9 Å². The fourth-order valence-corrected chi connectivity index (χ4v) is 3.82. The second-order valence-corrected chi connectivity index (χ2v) is 7.25. The number of piperidine rings is 1. The minimum atomic E-state index is -0.956. The number of anilines is 1. The van der Waals surface area contributed by atoms with Gasteiger partial charge in [-0.15, -0.1) is 0 Å². The van der Waals surface area contributed by atoms with Crippen LogP contribution in [0.4, 0.5) is 5.69 Å². The Balaban J connectivity index is 1.52. The summed E-state index contributed by atoms with van der Waals surface area (Å²) in [5, 5.41) is 8.78. The van der Waals surface area contributed by atoms with E-state index in [1.807, 2.05) is 6.92 Å². The lowest BCUT2D eigenvalue weighted by Crippen LogP contribution is -2.54. The predicted molar refractivity (Wildman–Crippen MR) is 98.8 cm³/mol. The average Bonchev–Trinajstić information content (AvgIpc) is 2.93. The Kier molecular flexibility index (Phi) is 4.86. The second-order valence-electron chi connectivity index (χ2n) is 7.25. The van der Waals surface area contributed by atoms with Crippen LogP contribution in [0.1, 0.15) is 40.5 Å². The van der Waals surface area contributed by atoms with Gasteiger partial charge in [-0.1, -0.05) is 0 Å². The number of morpholine rings is 1. The zero-order valence-corrected chi connectivity index (χ0v) is 15.5. The lowest BCUT2D eigenvalue weighted by molar-refractivity contribution is -0.136. The molecule has 3 aliphatic heterocycles. The molecule has 0 bridgehead atoms. The molecule has 2 saturated heterocycles. The van der Waals surface area contributed by atoms with Crippen molar-refractivity contribution in [1.29, 1.82) is 0 Å². The van der Waals surface area contributed by atoms with Crippen LogP contribution in [0.5, 0.6) is 0 Å². The van der Waals surface area contributed by atoms with Crippen molar-refractivity contribution in [2.75, 3.05) is 25.0 Å². The molecule has 0 aliphatic carbocycles. The number of benzene rings is 1. The van der Waals surface area contributed by atoms with Crippen molar-refractivity contribution in [1.82, 2.24) is 15.5 Å². The minimum Gasteiger partial charge on any atom is -0.380 e. The van der Waals surface area contributed by atoms with E-state index in [2.05, 4.69) is 16.0 Å². The Labute approximate surface area is 161 Å². The number of carbonyl (C=O) groups is 4. The van der Waals surface area contributed by atoms with Crippen LogP contribution in [0.2, 0.25) is 0 Å². The Morgan fingerprint density at radius 2 is 1.96 bits per heavy atom. The van der Waals surface area contributed by atoms with Gasteiger partial charge in [0, 0.05) is 25.2 Å². The van der Waals surface area contributed by atoms with Gasteiger partial charge in [0.2, 0.25) is 11.8 Å². The molecule has 148 valence electrons. The maximum Gasteiger partial charge on any atom is 0.262 e. The summed E-state index contributed by atoms with van der Waals surface area (Å²) in [7, 11) is 0. The van der Waals surface area contributed by atoms with E-state index in [-0.39, 0.29) is 36.1 Å². The number of hydrogen-bond acceptors (Lipinski definition) is 7. The second kappa shape index (κ2) is 7.33. The molecule has 3 atom stereocenters. The van der Waals surface area contributed by atoms with Crippen LogP contribution >= 0.6 is 0 Å². The third kappa shape index (κ3) is 3.27. The van der Waals surface area contributed by atoms with Gasteiger partial charge in [-0.3, -0.25) is 29.4 Å². The number of amides is 4. The number of hydrogen-bond donors (Lipinski definition) is 3. The molecule has 3 N–H and O–H groups in total. The van der Waals surface area contributed by atoms with E-state index in [9.17, 15) is 19.2 Å². The zero-order chi connectivity index (χ0) is 19.8. The van der Waals surface area contributed by atoms with Gasteiger partial charge in [0.25, 0.3) is 11.8 Å². The zero-order valence-electron chi connectivity index (χ0n) is 15.5. The summed E-state index contributed by atoms with van der Waals surface area (Å²) >= 11 is 0. The molecule has 3 aliphatic rings. The Bertz CT molecular complexity index is 849. The molecule has 1 aromatic carbocycles. The summed E-state index contributed by atoms with van der Waals surface area (Å²) in [6.07, 6.45) is 0.243. The molecular weight excluding hydrogens is 364 g/mol. The summed E-state index contributed by atoms with van der Waals surface area (Å²) in [5.41, 5.74) is 1.23. The Hall–Kier alpha value is -2.78. The highest BCUT2D eigenvalue weighted by Crippen LogP contribution is 2.29. The van der Waals surface area contributed by atoms with E-state index < -0.39 is 29.7 Å². The molecular formula is C19H22N4O5. The van der Waals surface area contributed by atoms with Crippen LogP contribution in [0.3, 0.4) is 0 Å². The number of ether oxygens (including phenoxy) is 1. The van der Waals surface area contributed by atoms with E-state index in [1.54, 1.807) is 18.2 Å². The summed E-state index contributed by atoms with van der Waals surface area (Å²) < 4.78 is 5.73. The molecule has 0 spiro atoms. The molecule has 9 heteroatoms. The molecule has 0 radical (unpaired) electrons. The van der Waals surface area contributed by atoms with Crippen molar-refractivity contribution >= 4 is 29.3 Å². The first-order valence-electron chi connectivity index (χ1n) is 9.40. The average molecular weight is 386 g/mol. The van der Waals surface area contributed by atoms with Gasteiger partial charge in [0.15, 0.2) is 0 Å². The van der Waals surface area contributed by atoms with Crippen LogP contribution in [0.25, 0.3) is 0 Å². The van der Waals surface area contributed by atoms with Crippen molar-refractivity contribution < 1.29 is 23.9 Å². The number of nitrogens with one attached hydrogen (secondary N) is 3. The molecule has 3 unspecified atom stereocenters. The standard InChI is InChI=1S/C19H22N4O5/c1-10(15-9-20-6-7-28-15)21-11-2-3-12-13(8-11)19(27)23(18(12)26)14-4-5-16(24)22-17(14)25/h2-3,8,10,14-15,20-21H,4-7,9H2,1H3,(H,22,24,25). The topological polar surface area (TPSA) is 117 Å². The predicted octanol–water partition coefficient (Wildman–Crippen LogP) is -0.123. The van der Waals surface area contributed by atoms with E-state index >= 15 is 0 Å². The molecule has 4 rings (SSSR count). The summed E-state index contributed by atoms with van der Waals surface area (Å²) in [6.45, 7) is 4.21. The van der Waals surface area contributed by atoms with Crippen LogP contribution in [-0.4, -0.2) is 66.4 Å². The maximum absolute atomic E-state index is 12.9.